The lowest BCUT2D eigenvalue weighted by atomic mass is 10.1. The molecule has 0 spiro atoms. The molecular formula is C16H19N3O4. The fourth-order valence-electron chi connectivity index (χ4n) is 2.52. The van der Waals surface area contributed by atoms with Crippen LogP contribution < -0.4 is 16.0 Å². The molecule has 122 valence electrons. The molecule has 1 aromatic carbocycles. The van der Waals surface area contributed by atoms with Crippen LogP contribution >= 0.6 is 0 Å². The van der Waals surface area contributed by atoms with Gasteiger partial charge in [0.25, 0.3) is 0 Å². The first-order chi connectivity index (χ1) is 11.0. The van der Waals surface area contributed by atoms with Gasteiger partial charge in [0.1, 0.15) is 0 Å². The molecule has 1 aromatic rings. The van der Waals surface area contributed by atoms with Crippen molar-refractivity contribution >= 4 is 29.2 Å². The molecule has 0 unspecified atom stereocenters. The summed E-state index contributed by atoms with van der Waals surface area (Å²) in [6, 6.07) is 4.88. The first-order valence-corrected chi connectivity index (χ1v) is 7.38. The summed E-state index contributed by atoms with van der Waals surface area (Å²) in [6.45, 7) is 1.73. The summed E-state index contributed by atoms with van der Waals surface area (Å²) in [5.74, 6) is -2.37. The lowest BCUT2D eigenvalue weighted by Gasteiger charge is -2.30. The zero-order valence-corrected chi connectivity index (χ0v) is 12.6. The highest BCUT2D eigenvalue weighted by atomic mass is 16.4. The summed E-state index contributed by atoms with van der Waals surface area (Å²) in [7, 11) is 0. The van der Waals surface area contributed by atoms with Crippen molar-refractivity contribution in [2.75, 3.05) is 23.3 Å². The number of nitrogens with one attached hydrogen (secondary N) is 1. The number of anilines is 2. The van der Waals surface area contributed by atoms with Gasteiger partial charge in [-0.1, -0.05) is 0 Å². The van der Waals surface area contributed by atoms with E-state index in [1.165, 1.54) is 12.5 Å². The van der Waals surface area contributed by atoms with Crippen LogP contribution in [-0.4, -0.2) is 36.0 Å². The lowest BCUT2D eigenvalue weighted by Crippen LogP contribution is -2.30. The van der Waals surface area contributed by atoms with E-state index in [2.05, 4.69) is 10.2 Å². The minimum Gasteiger partial charge on any atom is -0.478 e. The predicted molar refractivity (Wildman–Crippen MR) is 86.4 cm³/mol. The number of piperidine rings is 1. The first-order valence-electron chi connectivity index (χ1n) is 7.38. The summed E-state index contributed by atoms with van der Waals surface area (Å²) >= 11 is 0. The Morgan fingerprint density at radius 3 is 2.43 bits per heavy atom. The van der Waals surface area contributed by atoms with Crippen molar-refractivity contribution in [1.82, 2.24) is 0 Å². The topological polar surface area (TPSA) is 113 Å². The van der Waals surface area contributed by atoms with E-state index in [0.29, 0.717) is 5.69 Å². The molecule has 0 aromatic heterocycles. The maximum atomic E-state index is 11.8. The zero-order chi connectivity index (χ0) is 16.8. The van der Waals surface area contributed by atoms with E-state index < -0.39 is 17.8 Å². The van der Waals surface area contributed by atoms with Gasteiger partial charge in [0.05, 0.1) is 11.4 Å². The molecule has 2 amide bonds. The van der Waals surface area contributed by atoms with Gasteiger partial charge in [0.15, 0.2) is 0 Å². The predicted octanol–water partition coefficient (Wildman–Crippen LogP) is 1.36. The van der Waals surface area contributed by atoms with Crippen molar-refractivity contribution in [2.24, 2.45) is 5.73 Å². The molecular weight excluding hydrogens is 298 g/mol. The van der Waals surface area contributed by atoms with Gasteiger partial charge in [-0.25, -0.2) is 4.79 Å². The van der Waals surface area contributed by atoms with Crippen LogP contribution in [0.15, 0.2) is 30.4 Å². The first kappa shape index (κ1) is 16.5. The molecule has 1 fully saturated rings. The van der Waals surface area contributed by atoms with Crippen molar-refractivity contribution in [3.63, 3.8) is 0 Å². The number of hydrogen-bond donors (Lipinski definition) is 3. The van der Waals surface area contributed by atoms with E-state index in [9.17, 15) is 14.4 Å². The number of primary amides is 1. The van der Waals surface area contributed by atoms with Crippen molar-refractivity contribution in [3.8, 4) is 0 Å². The number of carboxylic acid groups (broad SMARTS) is 1. The number of nitrogens with two attached hydrogens (primary N) is 1. The number of aliphatic carboxylic acids is 1. The van der Waals surface area contributed by atoms with Gasteiger partial charge in [-0.3, -0.25) is 9.59 Å². The molecule has 1 heterocycles. The lowest BCUT2D eigenvalue weighted by molar-refractivity contribution is -0.131. The quantitative estimate of drug-likeness (QED) is 0.710. The number of hydrogen-bond acceptors (Lipinski definition) is 4. The normalized spacial score (nSPS) is 14.7. The van der Waals surface area contributed by atoms with Crippen molar-refractivity contribution in [1.29, 1.82) is 0 Å². The van der Waals surface area contributed by atoms with Crippen LogP contribution in [0.5, 0.6) is 0 Å². The van der Waals surface area contributed by atoms with Crippen molar-refractivity contribution in [2.45, 2.75) is 19.3 Å². The van der Waals surface area contributed by atoms with Crippen LogP contribution in [0.4, 0.5) is 11.4 Å². The third kappa shape index (κ3) is 4.57. The van der Waals surface area contributed by atoms with Crippen LogP contribution in [-0.2, 0) is 9.59 Å². The third-order valence-electron chi connectivity index (χ3n) is 3.61. The Kier molecular flexibility index (Phi) is 5.35. The highest BCUT2D eigenvalue weighted by Gasteiger charge is 2.17. The molecule has 1 saturated heterocycles. The Hall–Kier alpha value is -2.83. The standard InChI is InChI=1S/C16H19N3O4/c17-16(23)11-4-5-13(19-8-2-1-3-9-19)12(10-11)18-14(20)6-7-15(21)22/h4-7,10H,1-3,8-9H2,(H2,17,23)(H,18,20)(H,21,22)/b7-6-. The Morgan fingerprint density at radius 1 is 1.13 bits per heavy atom. The molecule has 0 atom stereocenters. The van der Waals surface area contributed by atoms with E-state index in [-0.39, 0.29) is 5.56 Å². The average Bonchev–Trinajstić information content (AvgIpc) is 2.53. The Balaban J connectivity index is 2.28. The monoisotopic (exact) mass is 317 g/mol. The Bertz CT molecular complexity index is 649. The van der Waals surface area contributed by atoms with Gasteiger partial charge < -0.3 is 21.1 Å². The van der Waals surface area contributed by atoms with Crippen molar-refractivity contribution < 1.29 is 19.5 Å². The number of carboxylic acids is 1. The third-order valence-corrected chi connectivity index (χ3v) is 3.61. The maximum Gasteiger partial charge on any atom is 0.328 e. The molecule has 7 nitrogen and oxygen atoms in total. The smallest absolute Gasteiger partial charge is 0.328 e. The maximum absolute atomic E-state index is 11.8. The summed E-state index contributed by atoms with van der Waals surface area (Å²) in [6.07, 6.45) is 4.97. The molecule has 23 heavy (non-hydrogen) atoms. The van der Waals surface area contributed by atoms with Gasteiger partial charge in [0, 0.05) is 30.8 Å². The highest BCUT2D eigenvalue weighted by Crippen LogP contribution is 2.29. The van der Waals surface area contributed by atoms with E-state index in [1.807, 2.05) is 0 Å². The van der Waals surface area contributed by atoms with E-state index in [4.69, 9.17) is 10.8 Å². The molecule has 1 aliphatic heterocycles. The fourth-order valence-corrected chi connectivity index (χ4v) is 2.52. The molecule has 0 bridgehead atoms. The van der Waals surface area contributed by atoms with E-state index in [1.54, 1.807) is 12.1 Å². The largest absolute Gasteiger partial charge is 0.478 e. The van der Waals surface area contributed by atoms with Crippen LogP contribution in [0.3, 0.4) is 0 Å². The summed E-state index contributed by atoms with van der Waals surface area (Å²) in [5, 5.41) is 11.2. The highest BCUT2D eigenvalue weighted by molar-refractivity contribution is 6.05. The number of nitrogens with zero attached hydrogens (tertiary/aromatic N) is 1. The minimum atomic E-state index is -1.21. The van der Waals surface area contributed by atoms with E-state index in [0.717, 1.165) is 43.8 Å². The summed E-state index contributed by atoms with van der Waals surface area (Å²) in [5.41, 5.74) is 6.81. The van der Waals surface area contributed by atoms with Gasteiger partial charge in [-0.15, -0.1) is 0 Å². The summed E-state index contributed by atoms with van der Waals surface area (Å²) in [4.78, 5) is 35.8. The molecule has 4 N–H and O–H groups in total. The molecule has 2 rings (SSSR count). The van der Waals surface area contributed by atoms with Crippen LogP contribution in [0, 0.1) is 0 Å². The van der Waals surface area contributed by atoms with E-state index >= 15 is 0 Å². The molecule has 1 aliphatic rings. The Labute approximate surface area is 133 Å². The van der Waals surface area contributed by atoms with Gasteiger partial charge >= 0.3 is 5.97 Å². The van der Waals surface area contributed by atoms with Crippen LogP contribution in [0.25, 0.3) is 0 Å². The van der Waals surface area contributed by atoms with Crippen LogP contribution in [0.1, 0.15) is 29.6 Å². The van der Waals surface area contributed by atoms with Gasteiger partial charge in [-0.2, -0.15) is 0 Å². The second kappa shape index (κ2) is 7.44. The number of rotatable bonds is 5. The Morgan fingerprint density at radius 2 is 1.83 bits per heavy atom. The average molecular weight is 317 g/mol. The molecule has 0 saturated carbocycles. The van der Waals surface area contributed by atoms with Crippen molar-refractivity contribution in [3.05, 3.63) is 35.9 Å². The number of carbonyl (C=O) groups is 3. The zero-order valence-electron chi connectivity index (χ0n) is 12.6. The molecule has 0 aliphatic carbocycles. The van der Waals surface area contributed by atoms with Crippen LogP contribution in [0.2, 0.25) is 0 Å². The fraction of sp³-hybridized carbons (Fsp3) is 0.312. The number of benzene rings is 1. The van der Waals surface area contributed by atoms with Gasteiger partial charge in [0.2, 0.25) is 11.8 Å². The van der Waals surface area contributed by atoms with Gasteiger partial charge in [-0.05, 0) is 37.5 Å². The number of amides is 2. The SMILES string of the molecule is NC(=O)c1ccc(N2CCCCC2)c(NC(=O)/C=C\C(=O)O)c1. The molecule has 7 heteroatoms. The minimum absolute atomic E-state index is 0.281. The summed E-state index contributed by atoms with van der Waals surface area (Å²) < 4.78 is 0. The molecule has 0 radical (unpaired) electrons. The second-order valence-corrected chi connectivity index (χ2v) is 5.30. The second-order valence-electron chi connectivity index (χ2n) is 5.30. The number of carbonyl (C=O) groups excluding carboxylic acids is 2.